The van der Waals surface area contributed by atoms with Gasteiger partial charge in [-0.3, -0.25) is 0 Å². The van der Waals surface area contributed by atoms with E-state index in [2.05, 4.69) is 12.2 Å². The summed E-state index contributed by atoms with van der Waals surface area (Å²) >= 11 is 0. The Morgan fingerprint density at radius 1 is 0.690 bits per heavy atom. The smallest absolute Gasteiger partial charge is 0.0722 e. The Balaban J connectivity index is 2.02. The summed E-state index contributed by atoms with van der Waals surface area (Å²) < 4.78 is 0. The molecule has 1 rings (SSSR count). The van der Waals surface area contributed by atoms with Gasteiger partial charge in [-0.25, -0.2) is 0 Å². The van der Waals surface area contributed by atoms with Crippen LogP contribution < -0.4 is 15.5 Å². The molecule has 0 saturated carbocycles. The van der Waals surface area contributed by atoms with Crippen LogP contribution >= 0.6 is 0 Å². The van der Waals surface area contributed by atoms with Crippen LogP contribution in [0.3, 0.4) is 0 Å². The molecule has 0 aliphatic heterocycles. The molecule has 5 nitrogen and oxygen atoms in total. The third kappa shape index (κ3) is 11.5. The molecule has 0 fully saturated rings. The van der Waals surface area contributed by atoms with Crippen LogP contribution in [0.25, 0.3) is 0 Å². The summed E-state index contributed by atoms with van der Waals surface area (Å²) in [5.41, 5.74) is -0.119. The number of rotatable bonds is 18. The first kappa shape index (κ1) is 25.0. The summed E-state index contributed by atoms with van der Waals surface area (Å²) in [6.07, 6.45) is 18.3. The van der Waals surface area contributed by atoms with Crippen LogP contribution in [0.4, 0.5) is 5.69 Å². The number of benzene rings is 1. The fourth-order valence-electron chi connectivity index (χ4n) is 3.55. The van der Waals surface area contributed by atoms with Gasteiger partial charge in [-0.1, -0.05) is 96.5 Å². The molecule has 0 aliphatic carbocycles. The molecule has 0 aromatic heterocycles. The Bertz CT molecular complexity index is 601. The maximum absolute atomic E-state index is 11.1. The Kier molecular flexibility index (Phi) is 13.6. The Morgan fingerprint density at radius 3 is 1.59 bits per heavy atom. The maximum Gasteiger partial charge on any atom is 0.0722 e. The predicted molar refractivity (Wildman–Crippen MR) is 114 cm³/mol. The number of carboxylic acids is 2. The summed E-state index contributed by atoms with van der Waals surface area (Å²) in [6.45, 7) is 2.99. The van der Waals surface area contributed by atoms with Gasteiger partial charge in [0, 0.05) is 23.4 Å². The van der Waals surface area contributed by atoms with Gasteiger partial charge in [0.2, 0.25) is 0 Å². The second-order valence-electron chi connectivity index (χ2n) is 7.86. The van der Waals surface area contributed by atoms with E-state index in [9.17, 15) is 19.8 Å². The van der Waals surface area contributed by atoms with E-state index in [0.717, 1.165) is 19.4 Å². The minimum absolute atomic E-state index is 0.351. The first-order valence-corrected chi connectivity index (χ1v) is 11.4. The fourth-order valence-corrected chi connectivity index (χ4v) is 3.55. The normalized spacial score (nSPS) is 10.8. The minimum Gasteiger partial charge on any atom is -0.545 e. The summed E-state index contributed by atoms with van der Waals surface area (Å²) in [7, 11) is 0. The van der Waals surface area contributed by atoms with Gasteiger partial charge in [-0.05, 0) is 18.6 Å². The van der Waals surface area contributed by atoms with Crippen LogP contribution in [0, 0.1) is 0 Å². The van der Waals surface area contributed by atoms with Gasteiger partial charge in [0.1, 0.15) is 0 Å². The summed E-state index contributed by atoms with van der Waals surface area (Å²) in [5, 5.41) is 25.1. The van der Waals surface area contributed by atoms with E-state index in [-0.39, 0.29) is 11.1 Å². The van der Waals surface area contributed by atoms with E-state index in [0.29, 0.717) is 5.69 Å². The van der Waals surface area contributed by atoms with Crippen LogP contribution in [-0.2, 0) is 0 Å². The topological polar surface area (TPSA) is 92.3 Å². The summed E-state index contributed by atoms with van der Waals surface area (Å²) in [6, 6.07) is 4.10. The van der Waals surface area contributed by atoms with Gasteiger partial charge in [0.25, 0.3) is 0 Å². The molecule has 0 saturated heterocycles. The van der Waals surface area contributed by atoms with Crippen molar-refractivity contribution in [3.05, 3.63) is 29.3 Å². The first-order chi connectivity index (χ1) is 14.1. The molecule has 1 N–H and O–H groups in total. The highest BCUT2D eigenvalue weighted by molar-refractivity contribution is 6.00. The van der Waals surface area contributed by atoms with Crippen LogP contribution in [0.1, 0.15) is 118 Å². The average molecular weight is 404 g/mol. The van der Waals surface area contributed by atoms with Crippen molar-refractivity contribution in [1.82, 2.24) is 0 Å². The first-order valence-electron chi connectivity index (χ1n) is 11.4. The Morgan fingerprint density at radius 2 is 1.14 bits per heavy atom. The third-order valence-electron chi connectivity index (χ3n) is 5.32. The molecule has 0 bridgehead atoms. The third-order valence-corrected chi connectivity index (χ3v) is 5.32. The van der Waals surface area contributed by atoms with Gasteiger partial charge in [-0.2, -0.15) is 0 Å². The number of carbonyl (C=O) groups excluding carboxylic acids is 2. The zero-order chi connectivity index (χ0) is 21.3. The lowest BCUT2D eigenvalue weighted by Crippen LogP contribution is -2.30. The van der Waals surface area contributed by atoms with Crippen molar-refractivity contribution >= 4 is 17.6 Å². The quantitative estimate of drug-likeness (QED) is 0.369. The molecule has 1 aromatic carbocycles. The number of nitrogens with one attached hydrogen (secondary N) is 1. The van der Waals surface area contributed by atoms with Crippen LogP contribution in [0.15, 0.2) is 18.2 Å². The molecule has 0 unspecified atom stereocenters. The molecule has 29 heavy (non-hydrogen) atoms. The summed E-state index contributed by atoms with van der Waals surface area (Å²) in [5.74, 6) is -3.02. The number of anilines is 1. The summed E-state index contributed by atoms with van der Waals surface area (Å²) in [4.78, 5) is 22.0. The van der Waals surface area contributed by atoms with Crippen LogP contribution in [0.5, 0.6) is 0 Å². The van der Waals surface area contributed by atoms with Gasteiger partial charge < -0.3 is 25.1 Å². The number of hydrogen-bond donors (Lipinski definition) is 1. The zero-order valence-electron chi connectivity index (χ0n) is 18.0. The number of unbranched alkanes of at least 4 members (excludes halogenated alkanes) is 13. The second-order valence-corrected chi connectivity index (χ2v) is 7.86. The number of hydrogen-bond acceptors (Lipinski definition) is 5. The van der Waals surface area contributed by atoms with Crippen molar-refractivity contribution < 1.29 is 19.8 Å². The van der Waals surface area contributed by atoms with Gasteiger partial charge in [0.05, 0.1) is 11.9 Å². The van der Waals surface area contributed by atoms with Crippen LogP contribution in [0.2, 0.25) is 0 Å². The molecular weight excluding hydrogens is 366 g/mol. The molecule has 0 radical (unpaired) electrons. The number of carboxylic acid groups (broad SMARTS) is 2. The predicted octanol–water partition coefficient (Wildman–Crippen LogP) is 4.31. The van der Waals surface area contributed by atoms with E-state index < -0.39 is 11.9 Å². The average Bonchev–Trinajstić information content (AvgIpc) is 2.70. The lowest BCUT2D eigenvalue weighted by Gasteiger charge is -2.14. The molecule has 5 heteroatoms. The van der Waals surface area contributed by atoms with Crippen molar-refractivity contribution in [2.75, 3.05) is 11.9 Å². The SMILES string of the molecule is CCCCCCCCCCCCCCCCNc1ccc(C(=O)[O-])c(C(=O)[O-])c1. The van der Waals surface area contributed by atoms with Gasteiger partial charge in [0.15, 0.2) is 0 Å². The van der Waals surface area contributed by atoms with E-state index in [4.69, 9.17) is 0 Å². The van der Waals surface area contributed by atoms with Gasteiger partial charge in [-0.15, -0.1) is 0 Å². The van der Waals surface area contributed by atoms with E-state index in [1.165, 1.54) is 89.2 Å². The highest BCUT2D eigenvalue weighted by atomic mass is 16.4. The zero-order valence-corrected chi connectivity index (χ0v) is 18.0. The monoisotopic (exact) mass is 403 g/mol. The Hall–Kier alpha value is -2.04. The van der Waals surface area contributed by atoms with Crippen molar-refractivity contribution in [3.63, 3.8) is 0 Å². The number of aromatic carboxylic acids is 2. The maximum atomic E-state index is 11.1. The van der Waals surface area contributed by atoms with Gasteiger partial charge >= 0.3 is 0 Å². The van der Waals surface area contributed by atoms with Crippen molar-refractivity contribution in [2.24, 2.45) is 0 Å². The van der Waals surface area contributed by atoms with E-state index >= 15 is 0 Å². The fraction of sp³-hybridized carbons (Fsp3) is 0.667. The molecule has 1 aromatic rings. The Labute approximate surface area is 175 Å². The molecule has 0 heterocycles. The highest BCUT2D eigenvalue weighted by Gasteiger charge is 2.06. The molecule has 0 amide bonds. The second kappa shape index (κ2) is 15.8. The highest BCUT2D eigenvalue weighted by Crippen LogP contribution is 2.16. The molecule has 164 valence electrons. The van der Waals surface area contributed by atoms with E-state index in [1.807, 2.05) is 0 Å². The van der Waals surface area contributed by atoms with Crippen molar-refractivity contribution in [3.8, 4) is 0 Å². The minimum atomic E-state index is -1.51. The lowest BCUT2D eigenvalue weighted by atomic mass is 10.0. The molecule has 0 aliphatic rings. The van der Waals surface area contributed by atoms with E-state index in [1.54, 1.807) is 6.07 Å². The standard InChI is InChI=1S/C24H39NO4/c1-2-3-4-5-6-7-8-9-10-11-12-13-14-15-18-25-20-16-17-21(23(26)27)22(19-20)24(28)29/h16-17,19,25H,2-15,18H2,1H3,(H,26,27)(H,28,29)/p-2. The largest absolute Gasteiger partial charge is 0.545 e. The molecular formula is C24H37NO4-2. The van der Waals surface area contributed by atoms with Crippen molar-refractivity contribution in [1.29, 1.82) is 0 Å². The lowest BCUT2D eigenvalue weighted by molar-refractivity contribution is -0.259. The van der Waals surface area contributed by atoms with Crippen molar-refractivity contribution in [2.45, 2.75) is 96.8 Å². The molecule has 0 atom stereocenters. The molecule has 0 spiro atoms. The number of carbonyl (C=O) groups is 2. The van der Waals surface area contributed by atoms with Crippen LogP contribution in [-0.4, -0.2) is 18.5 Å².